The fraction of sp³-hybridized carbons (Fsp3) is 0.500. The molecular formula is C24H25F6NO. The Hall–Kier alpha value is -2.22. The average molecular weight is 457 g/mol. The molecule has 0 N–H and O–H groups in total. The van der Waals surface area contributed by atoms with Gasteiger partial charge < -0.3 is 9.64 Å². The van der Waals surface area contributed by atoms with Gasteiger partial charge in [0, 0.05) is 24.4 Å². The van der Waals surface area contributed by atoms with Crippen molar-refractivity contribution in [2.24, 2.45) is 5.92 Å². The quantitative estimate of drug-likeness (QED) is 0.457. The molecule has 0 radical (unpaired) electrons. The van der Waals surface area contributed by atoms with E-state index in [2.05, 4.69) is 4.90 Å². The van der Waals surface area contributed by atoms with Crippen LogP contribution in [0.1, 0.15) is 42.4 Å². The second kappa shape index (κ2) is 8.61. The van der Waals surface area contributed by atoms with E-state index >= 15 is 0 Å². The zero-order chi connectivity index (χ0) is 23.0. The maximum atomic E-state index is 12.9. The first kappa shape index (κ1) is 23.0. The molecule has 0 spiro atoms. The van der Waals surface area contributed by atoms with E-state index in [0.29, 0.717) is 12.4 Å². The van der Waals surface area contributed by atoms with E-state index in [4.69, 9.17) is 4.74 Å². The Morgan fingerprint density at radius 2 is 1.41 bits per heavy atom. The van der Waals surface area contributed by atoms with E-state index in [1.807, 2.05) is 0 Å². The molecule has 2 aromatic rings. The maximum absolute atomic E-state index is 12.9. The van der Waals surface area contributed by atoms with Crippen molar-refractivity contribution in [2.45, 2.75) is 43.5 Å². The van der Waals surface area contributed by atoms with E-state index in [9.17, 15) is 26.3 Å². The number of likely N-dealkylation sites (tertiary alicyclic amines) is 1. The van der Waals surface area contributed by atoms with E-state index in [-0.39, 0.29) is 11.3 Å². The molecule has 0 aromatic heterocycles. The molecule has 2 aliphatic rings. The van der Waals surface area contributed by atoms with Gasteiger partial charge in [-0.05, 0) is 67.8 Å². The van der Waals surface area contributed by atoms with Crippen LogP contribution in [0.3, 0.4) is 0 Å². The maximum Gasteiger partial charge on any atom is 0.416 e. The highest BCUT2D eigenvalue weighted by Crippen LogP contribution is 2.45. The van der Waals surface area contributed by atoms with Crippen LogP contribution >= 0.6 is 0 Å². The van der Waals surface area contributed by atoms with E-state index < -0.39 is 23.5 Å². The first-order valence-electron chi connectivity index (χ1n) is 10.8. The number of hydrogen-bond donors (Lipinski definition) is 0. The number of benzene rings is 2. The minimum atomic E-state index is -4.37. The highest BCUT2D eigenvalue weighted by atomic mass is 19.4. The van der Waals surface area contributed by atoms with E-state index in [1.54, 1.807) is 12.1 Å². The molecule has 1 unspecified atom stereocenters. The Balaban J connectivity index is 1.31. The fourth-order valence-electron chi connectivity index (χ4n) is 4.73. The van der Waals surface area contributed by atoms with Crippen molar-refractivity contribution in [3.05, 3.63) is 65.2 Å². The number of nitrogens with zero attached hydrogens (tertiary/aromatic N) is 1. The molecule has 8 heteroatoms. The van der Waals surface area contributed by atoms with Gasteiger partial charge in [0.05, 0.1) is 17.7 Å². The molecule has 2 aromatic carbocycles. The van der Waals surface area contributed by atoms with Crippen LogP contribution in [0, 0.1) is 5.92 Å². The first-order valence-corrected chi connectivity index (χ1v) is 10.8. The summed E-state index contributed by atoms with van der Waals surface area (Å²) in [5.74, 6) is 0.679. The molecule has 1 saturated heterocycles. The SMILES string of the molecule is FC(F)(F)c1ccc(OCC2CCN(CC3(c4ccc(C(F)(F)F)cc4)CCC3)C2)cc1. The third-order valence-corrected chi connectivity index (χ3v) is 6.70. The Morgan fingerprint density at radius 3 is 1.91 bits per heavy atom. The summed E-state index contributed by atoms with van der Waals surface area (Å²) in [4.78, 5) is 2.33. The van der Waals surface area contributed by atoms with Gasteiger partial charge in [0.15, 0.2) is 0 Å². The van der Waals surface area contributed by atoms with Crippen LogP contribution < -0.4 is 4.74 Å². The van der Waals surface area contributed by atoms with Crippen LogP contribution in [0.25, 0.3) is 0 Å². The topological polar surface area (TPSA) is 12.5 Å². The van der Waals surface area contributed by atoms with Crippen LogP contribution in [-0.4, -0.2) is 31.1 Å². The summed E-state index contributed by atoms with van der Waals surface area (Å²) in [7, 11) is 0. The monoisotopic (exact) mass is 457 g/mol. The number of rotatable bonds is 6. The Labute approximate surface area is 183 Å². The van der Waals surface area contributed by atoms with Crippen molar-refractivity contribution in [1.29, 1.82) is 0 Å². The fourth-order valence-corrected chi connectivity index (χ4v) is 4.73. The van der Waals surface area contributed by atoms with Crippen molar-refractivity contribution in [1.82, 2.24) is 4.90 Å². The molecule has 1 aliphatic heterocycles. The molecule has 32 heavy (non-hydrogen) atoms. The van der Waals surface area contributed by atoms with Gasteiger partial charge in [-0.2, -0.15) is 26.3 Å². The molecule has 1 heterocycles. The van der Waals surface area contributed by atoms with Gasteiger partial charge in [-0.15, -0.1) is 0 Å². The third-order valence-electron chi connectivity index (χ3n) is 6.70. The lowest BCUT2D eigenvalue weighted by Gasteiger charge is -2.45. The standard InChI is InChI=1S/C24H25F6NO/c25-23(26,27)19-4-2-18(3-5-19)22(11-1-12-22)16-31-13-10-17(14-31)15-32-21-8-6-20(7-9-21)24(28,29)30/h2-9,17H,1,10-16H2. The van der Waals surface area contributed by atoms with Crippen molar-refractivity contribution < 1.29 is 31.1 Å². The molecule has 1 aliphatic carbocycles. The lowest BCUT2D eigenvalue weighted by atomic mass is 9.64. The zero-order valence-corrected chi connectivity index (χ0v) is 17.5. The van der Waals surface area contributed by atoms with Gasteiger partial charge in [-0.1, -0.05) is 18.6 Å². The van der Waals surface area contributed by atoms with Gasteiger partial charge in [0.1, 0.15) is 5.75 Å². The molecule has 0 bridgehead atoms. The summed E-state index contributed by atoms with van der Waals surface area (Å²) in [6.45, 7) is 2.91. The molecule has 2 fully saturated rings. The molecule has 1 atom stereocenters. The Morgan fingerprint density at radius 1 is 0.844 bits per heavy atom. The van der Waals surface area contributed by atoms with Crippen molar-refractivity contribution in [2.75, 3.05) is 26.2 Å². The van der Waals surface area contributed by atoms with Crippen LogP contribution in [0.15, 0.2) is 48.5 Å². The lowest BCUT2D eigenvalue weighted by molar-refractivity contribution is -0.138. The van der Waals surface area contributed by atoms with E-state index in [0.717, 1.165) is 63.0 Å². The zero-order valence-electron chi connectivity index (χ0n) is 17.5. The van der Waals surface area contributed by atoms with E-state index in [1.165, 1.54) is 24.3 Å². The van der Waals surface area contributed by atoms with Crippen LogP contribution in [0.4, 0.5) is 26.3 Å². The molecular weight excluding hydrogens is 432 g/mol. The molecule has 4 rings (SSSR count). The molecule has 0 amide bonds. The predicted octanol–water partition coefficient (Wildman–Crippen LogP) is 6.55. The van der Waals surface area contributed by atoms with Crippen molar-refractivity contribution >= 4 is 0 Å². The van der Waals surface area contributed by atoms with Gasteiger partial charge in [0.2, 0.25) is 0 Å². The number of alkyl halides is 6. The summed E-state index contributed by atoms with van der Waals surface area (Å²) in [5, 5.41) is 0. The largest absolute Gasteiger partial charge is 0.493 e. The highest BCUT2D eigenvalue weighted by Gasteiger charge is 2.42. The number of ether oxygens (including phenoxy) is 1. The second-order valence-corrected chi connectivity index (χ2v) is 8.93. The van der Waals surface area contributed by atoms with Gasteiger partial charge in [-0.25, -0.2) is 0 Å². The van der Waals surface area contributed by atoms with Crippen LogP contribution in [-0.2, 0) is 17.8 Å². The average Bonchev–Trinajstić information content (AvgIpc) is 3.16. The Kier molecular flexibility index (Phi) is 6.18. The summed E-state index contributed by atoms with van der Waals surface area (Å²) < 4.78 is 82.3. The Bertz CT molecular complexity index is 900. The second-order valence-electron chi connectivity index (χ2n) is 8.93. The number of hydrogen-bond acceptors (Lipinski definition) is 2. The number of halogens is 6. The minimum absolute atomic E-state index is 0.104. The van der Waals surface area contributed by atoms with Crippen molar-refractivity contribution in [3.63, 3.8) is 0 Å². The summed E-state index contributed by atoms with van der Waals surface area (Å²) in [6.07, 6.45) is -4.79. The summed E-state index contributed by atoms with van der Waals surface area (Å²) >= 11 is 0. The normalized spacial score (nSPS) is 21.4. The van der Waals surface area contributed by atoms with Gasteiger partial charge in [0.25, 0.3) is 0 Å². The van der Waals surface area contributed by atoms with Crippen LogP contribution in [0.2, 0.25) is 0 Å². The van der Waals surface area contributed by atoms with Crippen molar-refractivity contribution in [3.8, 4) is 5.75 Å². The molecule has 2 nitrogen and oxygen atoms in total. The highest BCUT2D eigenvalue weighted by molar-refractivity contribution is 5.33. The summed E-state index contributed by atoms with van der Waals surface area (Å²) in [5.41, 5.74) is -0.475. The predicted molar refractivity (Wildman–Crippen MR) is 108 cm³/mol. The summed E-state index contributed by atoms with van der Waals surface area (Å²) in [6, 6.07) is 10.3. The minimum Gasteiger partial charge on any atom is -0.493 e. The lowest BCUT2D eigenvalue weighted by Crippen LogP contribution is -2.45. The van der Waals surface area contributed by atoms with Crippen LogP contribution in [0.5, 0.6) is 5.75 Å². The smallest absolute Gasteiger partial charge is 0.416 e. The van der Waals surface area contributed by atoms with Gasteiger partial charge >= 0.3 is 12.4 Å². The third kappa shape index (κ3) is 5.05. The molecule has 1 saturated carbocycles. The molecule has 174 valence electrons. The van der Waals surface area contributed by atoms with Gasteiger partial charge in [-0.3, -0.25) is 0 Å². The first-order chi connectivity index (χ1) is 15.1.